The van der Waals surface area contributed by atoms with E-state index in [0.29, 0.717) is 72.2 Å². The van der Waals surface area contributed by atoms with Gasteiger partial charge >= 0.3 is 0 Å². The lowest BCUT2D eigenvalue weighted by Crippen LogP contribution is -2.22. The molecule has 0 fully saturated rings. The minimum Gasteiger partial charge on any atom is -0.355 e. The molecule has 8 aromatic carbocycles. The molecule has 0 saturated heterocycles. The number of H-pyrrole nitrogens is 1. The van der Waals surface area contributed by atoms with Crippen molar-refractivity contribution in [2.75, 3.05) is 5.32 Å². The van der Waals surface area contributed by atoms with Crippen molar-refractivity contribution in [3.63, 3.8) is 0 Å². The lowest BCUT2D eigenvalue weighted by Gasteiger charge is -2.21. The maximum absolute atomic E-state index is 14.3. The highest BCUT2D eigenvalue weighted by Gasteiger charge is 2.33. The third-order valence-electron chi connectivity index (χ3n) is 10.8. The number of carbonyl (C=O) groups excluding carboxylic acids is 4. The van der Waals surface area contributed by atoms with Gasteiger partial charge in [0.2, 0.25) is 0 Å². The molecule has 9 aromatic rings. The van der Waals surface area contributed by atoms with Gasteiger partial charge in [0, 0.05) is 71.5 Å². The van der Waals surface area contributed by atoms with E-state index in [2.05, 4.69) is 10.3 Å². The Bertz CT molecular complexity index is 3260. The fourth-order valence-electron chi connectivity index (χ4n) is 8.51. The highest BCUT2D eigenvalue weighted by Crippen LogP contribution is 2.42. The van der Waals surface area contributed by atoms with E-state index in [9.17, 15) is 24.0 Å². The molecule has 242 valence electrons. The smallest absolute Gasteiger partial charge is 0.196 e. The van der Waals surface area contributed by atoms with Crippen LogP contribution in [0.3, 0.4) is 0 Å². The van der Waals surface area contributed by atoms with Crippen LogP contribution in [0.25, 0.3) is 54.1 Å². The van der Waals surface area contributed by atoms with Gasteiger partial charge in [-0.25, -0.2) is 0 Å². The molecule has 0 unspecified atom stereocenters. The lowest BCUT2D eigenvalue weighted by molar-refractivity contribution is 0.0979. The summed E-state index contributed by atoms with van der Waals surface area (Å²) in [6, 6.07) is 35.8. The van der Waals surface area contributed by atoms with Crippen molar-refractivity contribution in [3.8, 4) is 0 Å². The molecule has 0 atom stereocenters. The zero-order valence-electron chi connectivity index (χ0n) is 27.1. The number of carbonyl (C=O) groups is 4. The lowest BCUT2D eigenvalue weighted by atomic mass is 9.82. The number of anilines is 2. The number of fused-ring (bicyclic) bond motifs is 9. The molecule has 2 N–H and O–H groups in total. The van der Waals surface area contributed by atoms with E-state index >= 15 is 0 Å². The van der Waals surface area contributed by atoms with Gasteiger partial charge in [0.1, 0.15) is 0 Å². The van der Waals surface area contributed by atoms with E-state index in [1.807, 2.05) is 36.4 Å². The largest absolute Gasteiger partial charge is 0.355 e. The highest BCUT2D eigenvalue weighted by atomic mass is 16.1. The monoisotopic (exact) mass is 670 g/mol. The van der Waals surface area contributed by atoms with E-state index in [0.717, 1.165) is 37.8 Å². The minimum atomic E-state index is -0.229. The number of rotatable bonds is 2. The van der Waals surface area contributed by atoms with Crippen LogP contribution in [0, 0.1) is 0 Å². The molecule has 0 saturated carbocycles. The van der Waals surface area contributed by atoms with Crippen molar-refractivity contribution in [2.24, 2.45) is 0 Å². The van der Waals surface area contributed by atoms with Crippen molar-refractivity contribution in [3.05, 3.63) is 176 Å². The van der Waals surface area contributed by atoms with Gasteiger partial charge in [0.05, 0.1) is 22.3 Å². The average Bonchev–Trinajstić information content (AvgIpc) is 3.18. The maximum atomic E-state index is 14.3. The molecular formula is C45H22N2O5. The van der Waals surface area contributed by atoms with Crippen LogP contribution in [0.4, 0.5) is 11.4 Å². The van der Waals surface area contributed by atoms with Crippen molar-refractivity contribution in [2.45, 2.75) is 0 Å². The standard InChI is InChI=1S/C45H22N2O5/c48-41-26-6-1-3-8-28(26)44(51)38-30(41)10-5-11-34(38)46-21-12-13-22-23-14-15-24-25-16-17-32-39(45(52)29-9-4-2-7-27(29)42(32)49)40(25)47-35-19-18-31(36(23)37(24)35)43(50)33(22)20-21/h1-20,46-47H. The molecule has 1 heterocycles. The molecule has 0 spiro atoms. The Morgan fingerprint density at radius 3 is 1.67 bits per heavy atom. The number of hydrogen-bond donors (Lipinski definition) is 2. The van der Waals surface area contributed by atoms with Crippen LogP contribution in [-0.4, -0.2) is 28.1 Å². The zero-order valence-corrected chi connectivity index (χ0v) is 27.1. The van der Waals surface area contributed by atoms with E-state index in [1.54, 1.807) is 84.9 Å². The number of hydrogen-bond acceptors (Lipinski definition) is 6. The highest BCUT2D eigenvalue weighted by molar-refractivity contribution is 6.36. The SMILES string of the molecule is O=C1c2ccccc2C(=O)c2c(Nc3ccc4c(c3)c(=O)c3ccc5[nH]c6c7c(ccc6c6ccc4c3c56)C(=O)c3ccccc3C7=O)cccc21. The normalized spacial score (nSPS) is 13.6. The van der Waals surface area contributed by atoms with Gasteiger partial charge in [-0.05, 0) is 52.6 Å². The molecule has 2 aliphatic carbocycles. The summed E-state index contributed by atoms with van der Waals surface area (Å²) in [4.78, 5) is 72.0. The van der Waals surface area contributed by atoms with Crippen LogP contribution in [0.2, 0.25) is 0 Å². The predicted molar refractivity (Wildman–Crippen MR) is 202 cm³/mol. The van der Waals surface area contributed by atoms with Gasteiger partial charge in [-0.3, -0.25) is 24.0 Å². The van der Waals surface area contributed by atoms with Gasteiger partial charge in [0.25, 0.3) is 0 Å². The molecule has 1 aromatic heterocycles. The maximum Gasteiger partial charge on any atom is 0.196 e. The van der Waals surface area contributed by atoms with Crippen LogP contribution in [0.1, 0.15) is 63.7 Å². The molecule has 0 aliphatic heterocycles. The molecule has 52 heavy (non-hydrogen) atoms. The second-order valence-corrected chi connectivity index (χ2v) is 13.5. The van der Waals surface area contributed by atoms with Crippen LogP contribution < -0.4 is 10.7 Å². The molecule has 0 amide bonds. The fraction of sp³-hybridized carbons (Fsp3) is 0. The van der Waals surface area contributed by atoms with E-state index in [-0.39, 0.29) is 28.6 Å². The summed E-state index contributed by atoms with van der Waals surface area (Å²) in [5.74, 6) is -0.811. The summed E-state index contributed by atoms with van der Waals surface area (Å²) >= 11 is 0. The van der Waals surface area contributed by atoms with Gasteiger partial charge in [-0.2, -0.15) is 0 Å². The summed E-state index contributed by atoms with van der Waals surface area (Å²) in [7, 11) is 0. The number of aromatic nitrogens is 1. The van der Waals surface area contributed by atoms with Crippen LogP contribution in [0.5, 0.6) is 0 Å². The second kappa shape index (κ2) is 9.93. The van der Waals surface area contributed by atoms with Crippen molar-refractivity contribution >= 4 is 88.6 Å². The Balaban J connectivity index is 1.08. The van der Waals surface area contributed by atoms with Gasteiger partial charge < -0.3 is 10.3 Å². The van der Waals surface area contributed by atoms with Crippen molar-refractivity contribution in [1.82, 2.24) is 4.98 Å². The third kappa shape index (κ3) is 3.56. The van der Waals surface area contributed by atoms with Crippen LogP contribution in [-0.2, 0) is 0 Å². The first-order valence-corrected chi connectivity index (χ1v) is 16.9. The zero-order chi connectivity index (χ0) is 35.0. The van der Waals surface area contributed by atoms with Crippen LogP contribution >= 0.6 is 0 Å². The van der Waals surface area contributed by atoms with Gasteiger partial charge in [-0.15, -0.1) is 0 Å². The Morgan fingerprint density at radius 1 is 0.404 bits per heavy atom. The summed E-state index contributed by atoms with van der Waals surface area (Å²) in [5.41, 5.74) is 5.23. The Labute approximate surface area is 293 Å². The molecule has 0 bridgehead atoms. The molecule has 11 rings (SSSR count). The summed E-state index contributed by atoms with van der Waals surface area (Å²) in [5, 5.41) is 9.42. The molecule has 0 radical (unpaired) electrons. The van der Waals surface area contributed by atoms with Crippen molar-refractivity contribution < 1.29 is 19.2 Å². The number of ketones is 4. The summed E-state index contributed by atoms with van der Waals surface area (Å²) < 4.78 is 0. The average molecular weight is 671 g/mol. The number of pyridine rings is 1. The number of aromatic amines is 1. The molecule has 7 heteroatoms. The Kier molecular flexibility index (Phi) is 5.45. The number of nitrogens with one attached hydrogen (secondary N) is 2. The topological polar surface area (TPSA) is 113 Å². The fourth-order valence-corrected chi connectivity index (χ4v) is 8.51. The first-order valence-electron chi connectivity index (χ1n) is 16.9. The quantitative estimate of drug-likeness (QED) is 0.140. The van der Waals surface area contributed by atoms with E-state index in [4.69, 9.17) is 0 Å². The third-order valence-corrected chi connectivity index (χ3v) is 10.8. The Hall–Kier alpha value is -7.25. The molecule has 2 aliphatic rings. The molecular weight excluding hydrogens is 649 g/mol. The van der Waals surface area contributed by atoms with E-state index in [1.165, 1.54) is 0 Å². The van der Waals surface area contributed by atoms with Gasteiger partial charge in [0.15, 0.2) is 28.6 Å². The van der Waals surface area contributed by atoms with E-state index < -0.39 is 0 Å². The van der Waals surface area contributed by atoms with Crippen LogP contribution in [0.15, 0.2) is 126 Å². The first kappa shape index (κ1) is 28.6. The molecule has 7 nitrogen and oxygen atoms in total. The predicted octanol–water partition coefficient (Wildman–Crippen LogP) is 8.87. The van der Waals surface area contributed by atoms with Crippen molar-refractivity contribution in [1.29, 1.82) is 0 Å². The first-order chi connectivity index (χ1) is 25.4. The Morgan fingerprint density at radius 2 is 0.962 bits per heavy atom. The summed E-state index contributed by atoms with van der Waals surface area (Å²) in [6.07, 6.45) is 0. The summed E-state index contributed by atoms with van der Waals surface area (Å²) in [6.45, 7) is 0. The van der Waals surface area contributed by atoms with Gasteiger partial charge in [-0.1, -0.05) is 84.9 Å². The number of benzene rings is 8. The minimum absolute atomic E-state index is 0.140. The second-order valence-electron chi connectivity index (χ2n) is 13.5.